The Hall–Kier alpha value is -2.89. The lowest BCUT2D eigenvalue weighted by molar-refractivity contribution is -0.116. The van der Waals surface area contributed by atoms with Crippen LogP contribution in [0.25, 0.3) is 0 Å². The highest BCUT2D eigenvalue weighted by molar-refractivity contribution is 5.95. The molecule has 0 bridgehead atoms. The van der Waals surface area contributed by atoms with Crippen LogP contribution in [-0.4, -0.2) is 36.9 Å². The van der Waals surface area contributed by atoms with E-state index in [4.69, 9.17) is 0 Å². The summed E-state index contributed by atoms with van der Waals surface area (Å²) in [6.45, 7) is 3.38. The normalized spacial score (nSPS) is 10.2. The van der Waals surface area contributed by atoms with Crippen LogP contribution in [0.1, 0.15) is 30.1 Å². The molecule has 0 aliphatic heterocycles. The zero-order chi connectivity index (χ0) is 18.1. The number of nitrogens with zero attached hydrogens (tertiary/aromatic N) is 2. The number of carbonyl (C=O) groups excluding carboxylic acids is 2. The minimum atomic E-state index is -0.182. The summed E-state index contributed by atoms with van der Waals surface area (Å²) in [4.78, 5) is 30.0. The lowest BCUT2D eigenvalue weighted by atomic mass is 10.2. The standard InChI is InChI=1S/C19H24N4O2/c1-3-13-23(2)17-8-6-15(7-9-17)19(25)21-12-10-18(24)22-16-5-4-11-20-14-16/h4-9,11,14H,3,10,12-13H2,1-2H3,(H,21,25)(H,22,24). The van der Waals surface area contributed by atoms with E-state index >= 15 is 0 Å². The quantitative estimate of drug-likeness (QED) is 0.775. The summed E-state index contributed by atoms with van der Waals surface area (Å²) in [6.07, 6.45) is 4.49. The Morgan fingerprint density at radius 2 is 1.92 bits per heavy atom. The number of hydrogen-bond donors (Lipinski definition) is 2. The average molecular weight is 340 g/mol. The van der Waals surface area contributed by atoms with E-state index < -0.39 is 0 Å². The maximum absolute atomic E-state index is 12.1. The first-order chi connectivity index (χ1) is 12.1. The molecule has 0 aliphatic carbocycles. The molecule has 0 atom stereocenters. The fourth-order valence-electron chi connectivity index (χ4n) is 2.38. The molecule has 2 aromatic rings. The number of anilines is 2. The van der Waals surface area contributed by atoms with E-state index in [1.54, 1.807) is 36.7 Å². The predicted molar refractivity (Wildman–Crippen MR) is 99.8 cm³/mol. The van der Waals surface area contributed by atoms with Gasteiger partial charge in [0, 0.05) is 44.0 Å². The van der Waals surface area contributed by atoms with Gasteiger partial charge in [0.05, 0.1) is 11.9 Å². The molecule has 6 heteroatoms. The first kappa shape index (κ1) is 18.4. The second-order valence-electron chi connectivity index (χ2n) is 5.76. The van der Waals surface area contributed by atoms with Crippen LogP contribution in [0.2, 0.25) is 0 Å². The van der Waals surface area contributed by atoms with Gasteiger partial charge in [-0.1, -0.05) is 6.92 Å². The monoisotopic (exact) mass is 340 g/mol. The number of hydrogen-bond acceptors (Lipinski definition) is 4. The van der Waals surface area contributed by atoms with Crippen molar-refractivity contribution in [1.29, 1.82) is 0 Å². The van der Waals surface area contributed by atoms with Gasteiger partial charge in [-0.25, -0.2) is 0 Å². The summed E-state index contributed by atoms with van der Waals surface area (Å²) in [7, 11) is 2.03. The van der Waals surface area contributed by atoms with Crippen molar-refractivity contribution < 1.29 is 9.59 Å². The molecule has 0 radical (unpaired) electrons. The summed E-state index contributed by atoms with van der Waals surface area (Å²) in [5.74, 6) is -0.344. The van der Waals surface area contributed by atoms with Crippen LogP contribution in [0.3, 0.4) is 0 Å². The lowest BCUT2D eigenvalue weighted by Gasteiger charge is -2.18. The third-order valence-corrected chi connectivity index (χ3v) is 3.71. The van der Waals surface area contributed by atoms with Crippen molar-refractivity contribution >= 4 is 23.2 Å². The fraction of sp³-hybridized carbons (Fsp3) is 0.316. The third kappa shape index (κ3) is 5.91. The van der Waals surface area contributed by atoms with Gasteiger partial charge in [0.15, 0.2) is 0 Å². The molecule has 1 heterocycles. The van der Waals surface area contributed by atoms with Crippen LogP contribution < -0.4 is 15.5 Å². The molecule has 25 heavy (non-hydrogen) atoms. The van der Waals surface area contributed by atoms with Crippen LogP contribution in [0.15, 0.2) is 48.8 Å². The van der Waals surface area contributed by atoms with Crippen LogP contribution in [0, 0.1) is 0 Å². The summed E-state index contributed by atoms with van der Waals surface area (Å²) >= 11 is 0. The highest BCUT2D eigenvalue weighted by atomic mass is 16.2. The molecule has 0 saturated carbocycles. The molecule has 132 valence electrons. The largest absolute Gasteiger partial charge is 0.375 e. The third-order valence-electron chi connectivity index (χ3n) is 3.71. The number of amides is 2. The molecule has 0 spiro atoms. The first-order valence-electron chi connectivity index (χ1n) is 8.39. The maximum atomic E-state index is 12.1. The molecular weight excluding hydrogens is 316 g/mol. The topological polar surface area (TPSA) is 74.3 Å². The van der Waals surface area contributed by atoms with Gasteiger partial charge in [-0.3, -0.25) is 14.6 Å². The van der Waals surface area contributed by atoms with Crippen molar-refractivity contribution in [2.24, 2.45) is 0 Å². The smallest absolute Gasteiger partial charge is 0.251 e. The number of rotatable bonds is 8. The van der Waals surface area contributed by atoms with Crippen molar-refractivity contribution in [2.75, 3.05) is 30.4 Å². The van der Waals surface area contributed by atoms with Gasteiger partial charge < -0.3 is 15.5 Å². The van der Waals surface area contributed by atoms with Crippen LogP contribution in [0.4, 0.5) is 11.4 Å². The second kappa shape index (κ2) is 9.42. The van der Waals surface area contributed by atoms with E-state index in [1.807, 2.05) is 19.2 Å². The highest BCUT2D eigenvalue weighted by Gasteiger charge is 2.08. The lowest BCUT2D eigenvalue weighted by Crippen LogP contribution is -2.27. The van der Waals surface area contributed by atoms with Gasteiger partial charge in [0.25, 0.3) is 5.91 Å². The van der Waals surface area contributed by atoms with Crippen molar-refractivity contribution in [1.82, 2.24) is 10.3 Å². The average Bonchev–Trinajstić information content (AvgIpc) is 2.63. The highest BCUT2D eigenvalue weighted by Crippen LogP contribution is 2.14. The van der Waals surface area contributed by atoms with Crippen molar-refractivity contribution in [3.05, 3.63) is 54.4 Å². The van der Waals surface area contributed by atoms with E-state index in [-0.39, 0.29) is 24.8 Å². The van der Waals surface area contributed by atoms with Crippen molar-refractivity contribution in [2.45, 2.75) is 19.8 Å². The number of aromatic nitrogens is 1. The minimum absolute atomic E-state index is 0.162. The Morgan fingerprint density at radius 1 is 1.16 bits per heavy atom. The summed E-state index contributed by atoms with van der Waals surface area (Å²) < 4.78 is 0. The second-order valence-corrected chi connectivity index (χ2v) is 5.76. The number of pyridine rings is 1. The van der Waals surface area contributed by atoms with E-state index in [2.05, 4.69) is 27.4 Å². The summed E-state index contributed by atoms with van der Waals surface area (Å²) in [5, 5.41) is 5.49. The van der Waals surface area contributed by atoms with Crippen molar-refractivity contribution in [3.8, 4) is 0 Å². The van der Waals surface area contributed by atoms with Gasteiger partial charge >= 0.3 is 0 Å². The van der Waals surface area contributed by atoms with Gasteiger partial charge in [0.1, 0.15) is 0 Å². The Morgan fingerprint density at radius 3 is 2.56 bits per heavy atom. The molecule has 0 fully saturated rings. The molecule has 2 amide bonds. The van der Waals surface area contributed by atoms with Crippen molar-refractivity contribution in [3.63, 3.8) is 0 Å². The zero-order valence-electron chi connectivity index (χ0n) is 14.7. The summed E-state index contributed by atoms with van der Waals surface area (Å²) in [6, 6.07) is 11.0. The van der Waals surface area contributed by atoms with Gasteiger partial charge in [-0.15, -0.1) is 0 Å². The minimum Gasteiger partial charge on any atom is -0.375 e. The first-order valence-corrected chi connectivity index (χ1v) is 8.39. The molecule has 0 aliphatic rings. The van der Waals surface area contributed by atoms with Gasteiger partial charge in [-0.05, 0) is 42.8 Å². The van der Waals surface area contributed by atoms with E-state index in [9.17, 15) is 9.59 Å². The van der Waals surface area contributed by atoms with Crippen LogP contribution in [0.5, 0.6) is 0 Å². The number of carbonyl (C=O) groups is 2. The Bertz CT molecular complexity index is 686. The molecule has 0 saturated heterocycles. The molecule has 6 nitrogen and oxygen atoms in total. The SMILES string of the molecule is CCCN(C)c1ccc(C(=O)NCCC(=O)Nc2cccnc2)cc1. The Labute approximate surface area is 148 Å². The molecule has 2 rings (SSSR count). The Kier molecular flexibility index (Phi) is 6.95. The molecular formula is C19H24N4O2. The van der Waals surface area contributed by atoms with E-state index in [0.29, 0.717) is 11.3 Å². The molecule has 1 aromatic carbocycles. The molecule has 0 unspecified atom stereocenters. The van der Waals surface area contributed by atoms with E-state index in [0.717, 1.165) is 18.7 Å². The molecule has 2 N–H and O–H groups in total. The van der Waals surface area contributed by atoms with Crippen LogP contribution >= 0.6 is 0 Å². The zero-order valence-corrected chi connectivity index (χ0v) is 14.7. The van der Waals surface area contributed by atoms with Crippen LogP contribution in [-0.2, 0) is 4.79 Å². The van der Waals surface area contributed by atoms with Gasteiger partial charge in [-0.2, -0.15) is 0 Å². The predicted octanol–water partition coefficient (Wildman–Crippen LogP) is 2.69. The number of nitrogens with one attached hydrogen (secondary N) is 2. The van der Waals surface area contributed by atoms with Gasteiger partial charge in [0.2, 0.25) is 5.91 Å². The maximum Gasteiger partial charge on any atom is 0.251 e. The Balaban J connectivity index is 1.77. The summed E-state index contributed by atoms with van der Waals surface area (Å²) in [5.41, 5.74) is 2.31. The molecule has 1 aromatic heterocycles. The van der Waals surface area contributed by atoms with E-state index in [1.165, 1.54) is 0 Å². The number of benzene rings is 1. The fourth-order valence-corrected chi connectivity index (χ4v) is 2.38.